The van der Waals surface area contributed by atoms with Gasteiger partial charge in [0.15, 0.2) is 0 Å². The fourth-order valence-electron chi connectivity index (χ4n) is 3.02. The number of carbonyl (C=O) groups is 5. The van der Waals surface area contributed by atoms with Gasteiger partial charge in [0.1, 0.15) is 18.1 Å². The van der Waals surface area contributed by atoms with Crippen molar-refractivity contribution in [2.75, 3.05) is 0 Å². The van der Waals surface area contributed by atoms with Crippen LogP contribution in [0.1, 0.15) is 39.2 Å². The van der Waals surface area contributed by atoms with E-state index in [9.17, 15) is 29.1 Å². The molecule has 0 heterocycles. The molecule has 0 saturated carbocycles. The first-order chi connectivity index (χ1) is 15.4. The quantitative estimate of drug-likeness (QED) is 0.217. The molecule has 0 aliphatic rings. The summed E-state index contributed by atoms with van der Waals surface area (Å²) in [4.78, 5) is 60.0. The Kier molecular flexibility index (Phi) is 11.0. The Morgan fingerprint density at radius 3 is 1.97 bits per heavy atom. The number of nitrogens with one attached hydrogen (secondary N) is 3. The van der Waals surface area contributed by atoms with Gasteiger partial charge in [-0.15, -0.1) is 0 Å². The monoisotopic (exact) mass is 463 g/mol. The van der Waals surface area contributed by atoms with Crippen LogP contribution in [0.3, 0.4) is 0 Å². The minimum Gasteiger partial charge on any atom is -0.480 e. The van der Waals surface area contributed by atoms with Crippen molar-refractivity contribution in [2.24, 2.45) is 17.4 Å². The minimum absolute atomic E-state index is 0.00679. The number of benzene rings is 1. The van der Waals surface area contributed by atoms with Crippen LogP contribution in [0, 0.1) is 5.92 Å². The molecule has 4 atom stereocenters. The summed E-state index contributed by atoms with van der Waals surface area (Å²) in [7, 11) is 0. The number of rotatable bonds is 13. The summed E-state index contributed by atoms with van der Waals surface area (Å²) < 4.78 is 0. The Morgan fingerprint density at radius 1 is 0.879 bits per heavy atom. The highest BCUT2D eigenvalue weighted by molar-refractivity contribution is 5.94. The van der Waals surface area contributed by atoms with Gasteiger partial charge in [-0.05, 0) is 24.8 Å². The third-order valence-electron chi connectivity index (χ3n) is 4.75. The van der Waals surface area contributed by atoms with Gasteiger partial charge in [0.2, 0.25) is 23.6 Å². The van der Waals surface area contributed by atoms with Crippen LogP contribution >= 0.6 is 0 Å². The average molecular weight is 464 g/mol. The molecule has 0 bridgehead atoms. The lowest BCUT2D eigenvalue weighted by Crippen LogP contribution is -2.57. The molecule has 0 saturated heterocycles. The molecule has 0 aromatic heterocycles. The maximum absolute atomic E-state index is 12.8. The van der Waals surface area contributed by atoms with Crippen LogP contribution in [0.4, 0.5) is 0 Å². The second-order valence-corrected chi connectivity index (χ2v) is 8.29. The highest BCUT2D eigenvalue weighted by Gasteiger charge is 2.29. The fraction of sp³-hybridized carbons (Fsp3) is 0.500. The SMILES string of the molecule is CC(C)CC(NC(=O)C(C)NC(=O)C(N)CC(N)=O)C(=O)NC(Cc1ccccc1)C(=O)O. The van der Waals surface area contributed by atoms with Gasteiger partial charge < -0.3 is 32.5 Å². The third kappa shape index (κ3) is 10.1. The van der Waals surface area contributed by atoms with Gasteiger partial charge in [-0.3, -0.25) is 19.2 Å². The fourth-order valence-corrected chi connectivity index (χ4v) is 3.02. The number of aliphatic carboxylic acids is 1. The number of hydrogen-bond donors (Lipinski definition) is 6. The lowest BCUT2D eigenvalue weighted by atomic mass is 10.0. The molecule has 33 heavy (non-hydrogen) atoms. The Hall–Kier alpha value is -3.47. The summed E-state index contributed by atoms with van der Waals surface area (Å²) >= 11 is 0. The van der Waals surface area contributed by atoms with E-state index in [1.54, 1.807) is 30.3 Å². The molecule has 11 heteroatoms. The molecule has 0 spiro atoms. The molecule has 1 aromatic carbocycles. The summed E-state index contributed by atoms with van der Waals surface area (Å²) in [6.07, 6.45) is -0.0535. The number of amides is 4. The molecule has 8 N–H and O–H groups in total. The normalized spacial score (nSPS) is 14.5. The van der Waals surface area contributed by atoms with Crippen LogP contribution in [-0.4, -0.2) is 58.9 Å². The van der Waals surface area contributed by atoms with E-state index in [4.69, 9.17) is 11.5 Å². The molecule has 0 aliphatic carbocycles. The lowest BCUT2D eigenvalue weighted by Gasteiger charge is -2.25. The van der Waals surface area contributed by atoms with E-state index in [1.807, 2.05) is 13.8 Å². The summed E-state index contributed by atoms with van der Waals surface area (Å²) in [5, 5.41) is 16.9. The van der Waals surface area contributed by atoms with E-state index in [2.05, 4.69) is 16.0 Å². The molecule has 4 unspecified atom stereocenters. The predicted octanol–water partition coefficient (Wildman–Crippen LogP) is -0.963. The highest BCUT2D eigenvalue weighted by Crippen LogP contribution is 2.08. The van der Waals surface area contributed by atoms with Crippen LogP contribution in [0.25, 0.3) is 0 Å². The van der Waals surface area contributed by atoms with Crippen LogP contribution in [0.2, 0.25) is 0 Å². The molecular weight excluding hydrogens is 430 g/mol. The maximum Gasteiger partial charge on any atom is 0.326 e. The largest absolute Gasteiger partial charge is 0.480 e. The zero-order valence-electron chi connectivity index (χ0n) is 19.0. The van der Waals surface area contributed by atoms with E-state index in [0.717, 1.165) is 5.56 Å². The van der Waals surface area contributed by atoms with Crippen LogP contribution < -0.4 is 27.4 Å². The van der Waals surface area contributed by atoms with E-state index >= 15 is 0 Å². The van der Waals surface area contributed by atoms with E-state index < -0.39 is 53.8 Å². The number of carbonyl (C=O) groups excluding carboxylic acids is 4. The van der Waals surface area contributed by atoms with Gasteiger partial charge >= 0.3 is 5.97 Å². The second-order valence-electron chi connectivity index (χ2n) is 8.29. The highest BCUT2D eigenvalue weighted by atomic mass is 16.4. The van der Waals surface area contributed by atoms with Crippen molar-refractivity contribution in [3.05, 3.63) is 35.9 Å². The first kappa shape index (κ1) is 27.6. The molecule has 0 fully saturated rings. The van der Waals surface area contributed by atoms with Crippen molar-refractivity contribution in [3.63, 3.8) is 0 Å². The van der Waals surface area contributed by atoms with E-state index in [1.165, 1.54) is 6.92 Å². The average Bonchev–Trinajstić information content (AvgIpc) is 2.72. The molecule has 182 valence electrons. The van der Waals surface area contributed by atoms with Gasteiger partial charge in [0.25, 0.3) is 0 Å². The molecule has 0 radical (unpaired) electrons. The summed E-state index contributed by atoms with van der Waals surface area (Å²) in [6.45, 7) is 5.09. The molecule has 1 rings (SSSR count). The topological polar surface area (TPSA) is 194 Å². The number of primary amides is 1. The lowest BCUT2D eigenvalue weighted by molar-refractivity contribution is -0.142. The molecule has 11 nitrogen and oxygen atoms in total. The number of hydrogen-bond acceptors (Lipinski definition) is 6. The molecule has 1 aromatic rings. The van der Waals surface area contributed by atoms with Gasteiger partial charge in [-0.1, -0.05) is 44.2 Å². The van der Waals surface area contributed by atoms with E-state index in [-0.39, 0.29) is 25.2 Å². The zero-order chi connectivity index (χ0) is 25.1. The van der Waals surface area contributed by atoms with Crippen molar-refractivity contribution in [2.45, 2.75) is 64.2 Å². The van der Waals surface area contributed by atoms with Crippen molar-refractivity contribution in [3.8, 4) is 0 Å². The Bertz CT molecular complexity index is 845. The Balaban J connectivity index is 2.83. The second kappa shape index (κ2) is 13.2. The number of carboxylic acids is 1. The van der Waals surface area contributed by atoms with Gasteiger partial charge in [-0.25, -0.2) is 4.79 Å². The van der Waals surface area contributed by atoms with Crippen molar-refractivity contribution < 1.29 is 29.1 Å². The third-order valence-corrected chi connectivity index (χ3v) is 4.75. The summed E-state index contributed by atoms with van der Waals surface area (Å²) in [5.41, 5.74) is 11.3. The maximum atomic E-state index is 12.8. The first-order valence-corrected chi connectivity index (χ1v) is 10.6. The van der Waals surface area contributed by atoms with Gasteiger partial charge in [-0.2, -0.15) is 0 Å². The van der Waals surface area contributed by atoms with Gasteiger partial charge in [0.05, 0.1) is 12.5 Å². The van der Waals surface area contributed by atoms with Crippen molar-refractivity contribution >= 4 is 29.6 Å². The summed E-state index contributed by atoms with van der Waals surface area (Å²) in [5.74, 6) is -4.00. The Morgan fingerprint density at radius 2 is 1.45 bits per heavy atom. The van der Waals surface area contributed by atoms with Crippen LogP contribution in [-0.2, 0) is 30.4 Å². The number of nitrogens with two attached hydrogens (primary N) is 2. The standard InChI is InChI=1S/C22H33N5O6/c1-12(2)9-16(26-19(29)13(3)25-20(30)15(23)11-18(24)28)21(31)27-17(22(32)33)10-14-7-5-4-6-8-14/h4-8,12-13,15-17H,9-11,23H2,1-3H3,(H2,24,28)(H,25,30)(H,26,29)(H,27,31)(H,32,33). The van der Waals surface area contributed by atoms with Gasteiger partial charge in [0, 0.05) is 6.42 Å². The smallest absolute Gasteiger partial charge is 0.326 e. The summed E-state index contributed by atoms with van der Waals surface area (Å²) in [6, 6.07) is 4.37. The van der Waals surface area contributed by atoms with Crippen molar-refractivity contribution in [1.29, 1.82) is 0 Å². The number of carboxylic acid groups (broad SMARTS) is 1. The van der Waals surface area contributed by atoms with Crippen LogP contribution in [0.5, 0.6) is 0 Å². The zero-order valence-corrected chi connectivity index (χ0v) is 19.0. The van der Waals surface area contributed by atoms with Crippen molar-refractivity contribution in [1.82, 2.24) is 16.0 Å². The first-order valence-electron chi connectivity index (χ1n) is 10.6. The Labute approximate surface area is 192 Å². The minimum atomic E-state index is -1.21. The molecular formula is C22H33N5O6. The van der Waals surface area contributed by atoms with Crippen LogP contribution in [0.15, 0.2) is 30.3 Å². The van der Waals surface area contributed by atoms with E-state index in [0.29, 0.717) is 0 Å². The molecule has 0 aliphatic heterocycles. The molecule has 4 amide bonds. The predicted molar refractivity (Wildman–Crippen MR) is 120 cm³/mol.